The highest BCUT2D eigenvalue weighted by Gasteiger charge is 2.23. The molecule has 5 nitrogen and oxygen atoms in total. The predicted octanol–water partition coefficient (Wildman–Crippen LogP) is 4.97. The van der Waals surface area contributed by atoms with Crippen LogP contribution in [-0.2, 0) is 0 Å². The first kappa shape index (κ1) is 18.7. The Labute approximate surface area is 169 Å². The molecule has 4 aromatic rings. The standard InChI is InChI=1S/C24H22N2O3/c1-15-5-4-6-20-16(2)23(29-22(15)20)24(27)26-21(18-11-13-25-14-12-18)17-7-9-19(28-3)10-8-17/h4-14,21H,1-3H3,(H,26,27). The molecule has 2 heterocycles. The highest BCUT2D eigenvalue weighted by atomic mass is 16.5. The summed E-state index contributed by atoms with van der Waals surface area (Å²) in [5.74, 6) is 0.842. The number of amides is 1. The van der Waals surface area contributed by atoms with Gasteiger partial charge in [0.15, 0.2) is 5.76 Å². The highest BCUT2D eigenvalue weighted by Crippen LogP contribution is 2.29. The average Bonchev–Trinajstić information content (AvgIpc) is 3.11. The Morgan fingerprint density at radius 1 is 1.00 bits per heavy atom. The summed E-state index contributed by atoms with van der Waals surface area (Å²) in [7, 11) is 1.63. The van der Waals surface area contributed by atoms with Crippen molar-refractivity contribution in [3.63, 3.8) is 0 Å². The number of carbonyl (C=O) groups is 1. The maximum atomic E-state index is 13.2. The van der Waals surface area contributed by atoms with Crippen molar-refractivity contribution in [2.45, 2.75) is 19.9 Å². The number of pyridine rings is 1. The van der Waals surface area contributed by atoms with E-state index in [0.29, 0.717) is 5.76 Å². The molecule has 0 fully saturated rings. The van der Waals surface area contributed by atoms with Crippen LogP contribution < -0.4 is 10.1 Å². The van der Waals surface area contributed by atoms with Crippen LogP contribution in [0.1, 0.15) is 38.9 Å². The first-order chi connectivity index (χ1) is 14.1. The minimum Gasteiger partial charge on any atom is -0.497 e. The Morgan fingerprint density at radius 3 is 2.34 bits per heavy atom. The lowest BCUT2D eigenvalue weighted by molar-refractivity contribution is 0.0916. The van der Waals surface area contributed by atoms with E-state index in [4.69, 9.17) is 9.15 Å². The van der Waals surface area contributed by atoms with Crippen LogP contribution >= 0.6 is 0 Å². The van der Waals surface area contributed by atoms with Crippen molar-refractivity contribution in [1.29, 1.82) is 0 Å². The molecule has 0 saturated carbocycles. The third-order valence-electron chi connectivity index (χ3n) is 5.13. The molecule has 0 bridgehead atoms. The third kappa shape index (κ3) is 3.59. The van der Waals surface area contributed by atoms with Crippen LogP contribution in [0, 0.1) is 13.8 Å². The molecule has 1 atom stereocenters. The summed E-state index contributed by atoms with van der Waals surface area (Å²) >= 11 is 0. The monoisotopic (exact) mass is 386 g/mol. The Kier molecular flexibility index (Phi) is 5.04. The number of rotatable bonds is 5. The van der Waals surface area contributed by atoms with Crippen molar-refractivity contribution in [3.8, 4) is 5.75 Å². The lowest BCUT2D eigenvalue weighted by atomic mass is 9.99. The van der Waals surface area contributed by atoms with Gasteiger partial charge in [0.1, 0.15) is 11.3 Å². The number of aryl methyl sites for hydroxylation is 2. The number of ether oxygens (including phenoxy) is 1. The van der Waals surface area contributed by atoms with E-state index in [1.165, 1.54) is 0 Å². The number of para-hydroxylation sites is 1. The van der Waals surface area contributed by atoms with E-state index in [2.05, 4.69) is 10.3 Å². The lowest BCUT2D eigenvalue weighted by Crippen LogP contribution is -2.29. The molecule has 1 N–H and O–H groups in total. The molecule has 0 aliphatic rings. The van der Waals surface area contributed by atoms with Gasteiger partial charge in [0.05, 0.1) is 13.2 Å². The van der Waals surface area contributed by atoms with E-state index in [9.17, 15) is 4.79 Å². The van der Waals surface area contributed by atoms with Crippen molar-refractivity contribution in [1.82, 2.24) is 10.3 Å². The zero-order chi connectivity index (χ0) is 20.4. The number of nitrogens with zero attached hydrogens (tertiary/aromatic N) is 1. The summed E-state index contributed by atoms with van der Waals surface area (Å²) in [5, 5.41) is 4.08. The number of hydrogen-bond donors (Lipinski definition) is 1. The molecule has 146 valence electrons. The van der Waals surface area contributed by atoms with Gasteiger partial charge in [0, 0.05) is 23.3 Å². The molecule has 2 aromatic heterocycles. The summed E-state index contributed by atoms with van der Waals surface area (Å²) in [5.41, 5.74) is 4.47. The maximum Gasteiger partial charge on any atom is 0.288 e. The molecule has 0 saturated heterocycles. The number of furan rings is 1. The van der Waals surface area contributed by atoms with Crippen molar-refractivity contribution in [3.05, 3.63) is 95.0 Å². The van der Waals surface area contributed by atoms with E-state index in [1.807, 2.05) is 68.4 Å². The van der Waals surface area contributed by atoms with Crippen LogP contribution in [0.25, 0.3) is 11.0 Å². The molecular weight excluding hydrogens is 364 g/mol. The van der Waals surface area contributed by atoms with Gasteiger partial charge in [-0.05, 0) is 54.8 Å². The molecule has 0 aliphatic carbocycles. The average molecular weight is 386 g/mol. The Bertz CT molecular complexity index is 1150. The van der Waals surface area contributed by atoms with Gasteiger partial charge in [0.2, 0.25) is 0 Å². The lowest BCUT2D eigenvalue weighted by Gasteiger charge is -2.19. The molecule has 0 aliphatic heterocycles. The molecule has 5 heteroatoms. The fraction of sp³-hybridized carbons (Fsp3) is 0.167. The zero-order valence-electron chi connectivity index (χ0n) is 16.6. The summed E-state index contributed by atoms with van der Waals surface area (Å²) in [4.78, 5) is 17.3. The van der Waals surface area contributed by atoms with Crippen molar-refractivity contribution in [2.75, 3.05) is 7.11 Å². The number of fused-ring (bicyclic) bond motifs is 1. The van der Waals surface area contributed by atoms with Gasteiger partial charge < -0.3 is 14.5 Å². The fourth-order valence-corrected chi connectivity index (χ4v) is 3.51. The Morgan fingerprint density at radius 2 is 1.69 bits per heavy atom. The minimum atomic E-state index is -0.342. The number of nitrogens with one attached hydrogen (secondary N) is 1. The van der Waals surface area contributed by atoms with Gasteiger partial charge in [-0.2, -0.15) is 0 Å². The van der Waals surface area contributed by atoms with E-state index in [0.717, 1.165) is 39.0 Å². The number of benzene rings is 2. The first-order valence-corrected chi connectivity index (χ1v) is 9.42. The number of methoxy groups -OCH3 is 1. The SMILES string of the molecule is COc1ccc(C(NC(=O)c2oc3c(C)cccc3c2C)c2ccncc2)cc1. The van der Waals surface area contributed by atoms with E-state index in [1.54, 1.807) is 19.5 Å². The second-order valence-electron chi connectivity index (χ2n) is 6.97. The normalized spacial score (nSPS) is 12.0. The summed E-state index contributed by atoms with van der Waals surface area (Å²) in [6, 6.07) is 17.0. The van der Waals surface area contributed by atoms with Gasteiger partial charge >= 0.3 is 0 Å². The van der Waals surface area contributed by atoms with Crippen LogP contribution in [0.4, 0.5) is 0 Å². The number of hydrogen-bond acceptors (Lipinski definition) is 4. The van der Waals surface area contributed by atoms with E-state index in [-0.39, 0.29) is 11.9 Å². The smallest absolute Gasteiger partial charge is 0.288 e. The van der Waals surface area contributed by atoms with Gasteiger partial charge in [-0.15, -0.1) is 0 Å². The van der Waals surface area contributed by atoms with Gasteiger partial charge in [-0.1, -0.05) is 30.3 Å². The molecule has 29 heavy (non-hydrogen) atoms. The maximum absolute atomic E-state index is 13.2. The molecule has 0 spiro atoms. The molecule has 4 rings (SSSR count). The van der Waals surface area contributed by atoms with E-state index < -0.39 is 0 Å². The van der Waals surface area contributed by atoms with Crippen LogP contribution in [0.15, 0.2) is 71.4 Å². The van der Waals surface area contributed by atoms with Crippen molar-refractivity contribution in [2.24, 2.45) is 0 Å². The van der Waals surface area contributed by atoms with Crippen molar-refractivity contribution < 1.29 is 13.9 Å². The zero-order valence-corrected chi connectivity index (χ0v) is 16.6. The first-order valence-electron chi connectivity index (χ1n) is 9.42. The van der Waals surface area contributed by atoms with Crippen LogP contribution in [0.3, 0.4) is 0 Å². The largest absolute Gasteiger partial charge is 0.497 e. The van der Waals surface area contributed by atoms with Gasteiger partial charge in [-0.3, -0.25) is 9.78 Å². The molecule has 1 unspecified atom stereocenters. The molecule has 1 amide bonds. The third-order valence-corrected chi connectivity index (χ3v) is 5.13. The van der Waals surface area contributed by atoms with Gasteiger partial charge in [-0.25, -0.2) is 0 Å². The number of aromatic nitrogens is 1. The number of carbonyl (C=O) groups excluding carboxylic acids is 1. The topological polar surface area (TPSA) is 64.4 Å². The van der Waals surface area contributed by atoms with Gasteiger partial charge in [0.25, 0.3) is 5.91 Å². The second kappa shape index (κ2) is 7.80. The van der Waals surface area contributed by atoms with Crippen LogP contribution in [-0.4, -0.2) is 18.0 Å². The van der Waals surface area contributed by atoms with Crippen LogP contribution in [0.5, 0.6) is 5.75 Å². The highest BCUT2D eigenvalue weighted by molar-refractivity contribution is 5.99. The predicted molar refractivity (Wildman–Crippen MR) is 112 cm³/mol. The Hall–Kier alpha value is -3.60. The van der Waals surface area contributed by atoms with Crippen LogP contribution in [0.2, 0.25) is 0 Å². The van der Waals surface area contributed by atoms with Crippen molar-refractivity contribution >= 4 is 16.9 Å². The molecule has 0 radical (unpaired) electrons. The summed E-state index contributed by atoms with van der Waals surface area (Å²) < 4.78 is 11.2. The fourth-order valence-electron chi connectivity index (χ4n) is 3.51. The summed E-state index contributed by atoms with van der Waals surface area (Å²) in [6.07, 6.45) is 3.43. The second-order valence-corrected chi connectivity index (χ2v) is 6.97. The minimum absolute atomic E-state index is 0.254. The summed E-state index contributed by atoms with van der Waals surface area (Å²) in [6.45, 7) is 3.89. The molecule has 2 aromatic carbocycles. The molecular formula is C24H22N2O3. The van der Waals surface area contributed by atoms with E-state index >= 15 is 0 Å². The quantitative estimate of drug-likeness (QED) is 0.526. The Balaban J connectivity index is 1.71.